The van der Waals surface area contributed by atoms with Crippen LogP contribution in [0.1, 0.15) is 11.7 Å². The van der Waals surface area contributed by atoms with Gasteiger partial charge in [-0.05, 0) is 66.3 Å². The van der Waals surface area contributed by atoms with Crippen LogP contribution in [-0.2, 0) is 11.4 Å². The van der Waals surface area contributed by atoms with E-state index in [2.05, 4.69) is 9.88 Å². The highest BCUT2D eigenvalue weighted by atomic mass is 32.1. The lowest BCUT2D eigenvalue weighted by molar-refractivity contribution is -0.0418. The second kappa shape index (κ2) is 9.84. The second-order valence-corrected chi connectivity index (χ2v) is 8.37. The van der Waals surface area contributed by atoms with Gasteiger partial charge in [0.15, 0.2) is 5.82 Å². The van der Waals surface area contributed by atoms with E-state index in [4.69, 9.17) is 26.8 Å². The lowest BCUT2D eigenvalue weighted by atomic mass is 10.1. The fourth-order valence-electron chi connectivity index (χ4n) is 4.05. The summed E-state index contributed by atoms with van der Waals surface area (Å²) in [5.41, 5.74) is 2.77. The Morgan fingerprint density at radius 1 is 1.06 bits per heavy atom. The van der Waals surface area contributed by atoms with Crippen molar-refractivity contribution >= 4 is 12.2 Å². The summed E-state index contributed by atoms with van der Waals surface area (Å²) < 4.78 is 29.0. The number of hydrogen-bond acceptors (Lipinski definition) is 6. The van der Waals surface area contributed by atoms with E-state index in [1.165, 1.54) is 12.1 Å². The maximum Gasteiger partial charge on any atom is 0.204 e. The van der Waals surface area contributed by atoms with Crippen LogP contribution in [0.4, 0.5) is 4.39 Å². The lowest BCUT2D eigenvalue weighted by Gasteiger charge is -2.32. The molecule has 0 bridgehead atoms. The van der Waals surface area contributed by atoms with Crippen LogP contribution < -0.4 is 4.74 Å². The van der Waals surface area contributed by atoms with Gasteiger partial charge >= 0.3 is 0 Å². The van der Waals surface area contributed by atoms with Gasteiger partial charge in [-0.2, -0.15) is 0 Å². The first kappa shape index (κ1) is 22.4. The maximum absolute atomic E-state index is 13.3. The fraction of sp³-hybridized carbons (Fsp3) is 0.240. The summed E-state index contributed by atoms with van der Waals surface area (Å²) in [6.45, 7) is 2.50. The third-order valence-electron chi connectivity index (χ3n) is 5.83. The molecule has 0 unspecified atom stereocenters. The van der Waals surface area contributed by atoms with Gasteiger partial charge in [0.05, 0.1) is 32.2 Å². The van der Waals surface area contributed by atoms with Gasteiger partial charge in [-0.25, -0.2) is 9.07 Å². The van der Waals surface area contributed by atoms with Crippen molar-refractivity contribution in [2.75, 3.05) is 26.8 Å². The molecule has 174 valence electrons. The largest absolute Gasteiger partial charge is 0.497 e. The molecule has 1 aliphatic rings. The minimum Gasteiger partial charge on any atom is -0.497 e. The Morgan fingerprint density at radius 3 is 2.50 bits per heavy atom. The smallest absolute Gasteiger partial charge is 0.204 e. The number of halogens is 1. The molecule has 5 rings (SSSR count). The van der Waals surface area contributed by atoms with Crippen molar-refractivity contribution in [3.63, 3.8) is 0 Å². The standard InChI is InChI=1S/C25H24FN5O2S/c1-32-22-8-6-21(7-9-22)31-24(19-10-12-27-13-11-19)28-30(25(31)34)17-29-14-15-33-23(16-29)18-2-4-20(26)5-3-18/h2-13,23H,14-17H2,1H3/t23-/m1/s1. The molecule has 0 spiro atoms. The summed E-state index contributed by atoms with van der Waals surface area (Å²) in [6.07, 6.45) is 3.35. The van der Waals surface area contributed by atoms with E-state index in [0.717, 1.165) is 34.9 Å². The van der Waals surface area contributed by atoms with E-state index in [9.17, 15) is 4.39 Å². The topological polar surface area (TPSA) is 57.3 Å². The van der Waals surface area contributed by atoms with Gasteiger partial charge < -0.3 is 9.47 Å². The number of nitrogens with zero attached hydrogens (tertiary/aromatic N) is 5. The average Bonchev–Trinajstić information content (AvgIpc) is 3.21. The molecule has 2 aromatic carbocycles. The zero-order chi connectivity index (χ0) is 23.5. The van der Waals surface area contributed by atoms with Crippen molar-refractivity contribution in [1.29, 1.82) is 0 Å². The van der Waals surface area contributed by atoms with E-state index in [1.807, 2.05) is 45.6 Å². The third-order valence-corrected chi connectivity index (χ3v) is 6.23. The molecule has 2 aromatic heterocycles. The zero-order valence-electron chi connectivity index (χ0n) is 18.7. The molecule has 9 heteroatoms. The summed E-state index contributed by atoms with van der Waals surface area (Å²) in [5, 5.41) is 4.89. The normalized spacial score (nSPS) is 16.5. The molecule has 0 saturated carbocycles. The van der Waals surface area contributed by atoms with Crippen molar-refractivity contribution in [3.8, 4) is 22.8 Å². The van der Waals surface area contributed by atoms with Crippen LogP contribution in [0.2, 0.25) is 0 Å². The molecule has 0 N–H and O–H groups in total. The van der Waals surface area contributed by atoms with E-state index < -0.39 is 0 Å². The van der Waals surface area contributed by atoms with Gasteiger partial charge in [0.25, 0.3) is 0 Å². The van der Waals surface area contributed by atoms with E-state index in [0.29, 0.717) is 24.6 Å². The molecule has 0 amide bonds. The number of methoxy groups -OCH3 is 1. The Kier molecular flexibility index (Phi) is 6.48. The number of morpholine rings is 1. The molecule has 3 heterocycles. The summed E-state index contributed by atoms with van der Waals surface area (Å²) >= 11 is 5.88. The highest BCUT2D eigenvalue weighted by Gasteiger charge is 2.24. The first-order valence-electron chi connectivity index (χ1n) is 11.0. The van der Waals surface area contributed by atoms with Crippen LogP contribution in [0, 0.1) is 10.6 Å². The van der Waals surface area contributed by atoms with Gasteiger partial charge in [0, 0.05) is 31.0 Å². The SMILES string of the molecule is COc1ccc(-n2c(-c3ccncc3)nn(CN3CCO[C@@H](c4ccc(F)cc4)C3)c2=S)cc1. The Morgan fingerprint density at radius 2 is 1.79 bits per heavy atom. The summed E-state index contributed by atoms with van der Waals surface area (Å²) in [7, 11) is 1.64. The molecule has 1 saturated heterocycles. The maximum atomic E-state index is 13.3. The molecule has 34 heavy (non-hydrogen) atoms. The van der Waals surface area contributed by atoms with Gasteiger partial charge in [-0.3, -0.25) is 14.5 Å². The van der Waals surface area contributed by atoms with Gasteiger partial charge in [0.1, 0.15) is 11.6 Å². The highest BCUT2D eigenvalue weighted by Crippen LogP contribution is 2.26. The number of rotatable bonds is 6. The first-order valence-corrected chi connectivity index (χ1v) is 11.4. The second-order valence-electron chi connectivity index (χ2n) is 8.00. The van der Waals surface area contributed by atoms with Crippen molar-refractivity contribution in [2.45, 2.75) is 12.8 Å². The Balaban J connectivity index is 1.46. The monoisotopic (exact) mass is 477 g/mol. The Bertz CT molecular complexity index is 1310. The molecule has 1 atom stereocenters. The minimum absolute atomic E-state index is 0.133. The van der Waals surface area contributed by atoms with Crippen LogP contribution in [0.15, 0.2) is 73.1 Å². The molecule has 0 aliphatic carbocycles. The molecule has 1 aliphatic heterocycles. The molecule has 1 fully saturated rings. The number of aromatic nitrogens is 4. The van der Waals surface area contributed by atoms with Crippen LogP contribution >= 0.6 is 12.2 Å². The predicted octanol–water partition coefficient (Wildman–Crippen LogP) is 4.64. The van der Waals surface area contributed by atoms with E-state index in [1.54, 1.807) is 31.6 Å². The molecule has 4 aromatic rings. The summed E-state index contributed by atoms with van der Waals surface area (Å²) in [4.78, 5) is 6.37. The lowest BCUT2D eigenvalue weighted by Crippen LogP contribution is -2.39. The Hall–Kier alpha value is -3.40. The number of benzene rings is 2. The molecular weight excluding hydrogens is 453 g/mol. The summed E-state index contributed by atoms with van der Waals surface area (Å²) in [6, 6.07) is 18.0. The van der Waals surface area contributed by atoms with Crippen molar-refractivity contribution in [2.24, 2.45) is 0 Å². The quantitative estimate of drug-likeness (QED) is 0.377. The fourth-order valence-corrected chi connectivity index (χ4v) is 4.34. The predicted molar refractivity (Wildman–Crippen MR) is 129 cm³/mol. The van der Waals surface area contributed by atoms with E-state index >= 15 is 0 Å². The molecule has 7 nitrogen and oxygen atoms in total. The van der Waals surface area contributed by atoms with Gasteiger partial charge in [-0.15, -0.1) is 5.10 Å². The van der Waals surface area contributed by atoms with Crippen LogP contribution in [0.3, 0.4) is 0 Å². The van der Waals surface area contributed by atoms with Crippen LogP contribution in [-0.4, -0.2) is 51.0 Å². The number of hydrogen-bond donors (Lipinski definition) is 0. The molecular formula is C25H24FN5O2S. The van der Waals surface area contributed by atoms with Crippen LogP contribution in [0.5, 0.6) is 5.75 Å². The van der Waals surface area contributed by atoms with Gasteiger partial charge in [0.2, 0.25) is 4.77 Å². The summed E-state index contributed by atoms with van der Waals surface area (Å²) in [5.74, 6) is 1.25. The van der Waals surface area contributed by atoms with Crippen molar-refractivity contribution in [1.82, 2.24) is 24.2 Å². The number of ether oxygens (including phenoxy) is 2. The zero-order valence-corrected chi connectivity index (χ0v) is 19.5. The Labute approximate surface area is 202 Å². The van der Waals surface area contributed by atoms with E-state index in [-0.39, 0.29) is 11.9 Å². The molecule has 0 radical (unpaired) electrons. The highest BCUT2D eigenvalue weighted by molar-refractivity contribution is 7.71. The first-order chi connectivity index (χ1) is 16.6. The number of pyridine rings is 1. The van der Waals surface area contributed by atoms with Crippen molar-refractivity contribution in [3.05, 3.63) is 89.2 Å². The van der Waals surface area contributed by atoms with Crippen LogP contribution in [0.25, 0.3) is 17.1 Å². The minimum atomic E-state index is -0.254. The van der Waals surface area contributed by atoms with Crippen molar-refractivity contribution < 1.29 is 13.9 Å². The average molecular weight is 478 g/mol. The third kappa shape index (κ3) is 4.63. The van der Waals surface area contributed by atoms with Gasteiger partial charge in [-0.1, -0.05) is 12.1 Å².